The first-order chi connectivity index (χ1) is 13.7. The Labute approximate surface area is 166 Å². The average Bonchev–Trinajstić information content (AvgIpc) is 3.25. The van der Waals surface area contributed by atoms with Gasteiger partial charge in [-0.3, -0.25) is 4.99 Å². The zero-order valence-electron chi connectivity index (χ0n) is 17.0. The van der Waals surface area contributed by atoms with Gasteiger partial charge < -0.3 is 29.6 Å². The van der Waals surface area contributed by atoms with E-state index in [2.05, 4.69) is 15.6 Å². The van der Waals surface area contributed by atoms with Crippen molar-refractivity contribution in [2.45, 2.75) is 19.4 Å². The molecule has 1 unspecified atom stereocenters. The van der Waals surface area contributed by atoms with Crippen LogP contribution >= 0.6 is 0 Å². The molecule has 0 bridgehead atoms. The van der Waals surface area contributed by atoms with E-state index < -0.39 is 5.97 Å². The third kappa shape index (κ3) is 7.01. The molecule has 0 spiro atoms. The molecule has 2 N–H and O–H groups in total. The molecule has 0 radical (unpaired) electrons. The van der Waals surface area contributed by atoms with Gasteiger partial charge in [0.05, 0.1) is 27.4 Å². The van der Waals surface area contributed by atoms with Crippen molar-refractivity contribution < 1.29 is 23.7 Å². The van der Waals surface area contributed by atoms with Gasteiger partial charge in [0.25, 0.3) is 0 Å². The number of guanidine groups is 1. The molecule has 1 atom stereocenters. The van der Waals surface area contributed by atoms with Gasteiger partial charge in [-0.15, -0.1) is 0 Å². The van der Waals surface area contributed by atoms with Crippen LogP contribution in [0, 0.1) is 5.92 Å². The van der Waals surface area contributed by atoms with E-state index in [1.54, 1.807) is 19.2 Å². The minimum atomic E-state index is -0.426. The van der Waals surface area contributed by atoms with Gasteiger partial charge in [-0.05, 0) is 30.5 Å². The first kappa shape index (κ1) is 22.0. The van der Waals surface area contributed by atoms with Crippen LogP contribution in [0.5, 0.6) is 5.75 Å². The maximum Gasteiger partial charge on any atom is 0.341 e. The van der Waals surface area contributed by atoms with Crippen molar-refractivity contribution >= 4 is 11.9 Å². The number of methoxy groups -OCH3 is 2. The van der Waals surface area contributed by atoms with E-state index in [-0.39, 0.29) is 0 Å². The largest absolute Gasteiger partial charge is 0.496 e. The lowest BCUT2D eigenvalue weighted by Gasteiger charge is -2.14. The molecule has 156 valence electrons. The third-order valence-electron chi connectivity index (χ3n) is 4.49. The van der Waals surface area contributed by atoms with Gasteiger partial charge >= 0.3 is 5.97 Å². The second kappa shape index (κ2) is 12.2. The maximum absolute atomic E-state index is 11.9. The highest BCUT2D eigenvalue weighted by Gasteiger charge is 2.15. The van der Waals surface area contributed by atoms with E-state index in [1.807, 2.05) is 6.07 Å². The molecule has 2 rings (SSSR count). The predicted octanol–water partition coefficient (Wildman–Crippen LogP) is 1.59. The summed E-state index contributed by atoms with van der Waals surface area (Å²) in [5.41, 5.74) is 1.32. The molecule has 8 nitrogen and oxygen atoms in total. The fraction of sp³-hybridized carbons (Fsp3) is 0.600. The van der Waals surface area contributed by atoms with Crippen LogP contribution in [0.25, 0.3) is 0 Å². The Balaban J connectivity index is 1.70. The number of carbonyl (C=O) groups is 1. The molecule has 1 aromatic rings. The molecule has 0 aromatic heterocycles. The summed E-state index contributed by atoms with van der Waals surface area (Å²) in [4.78, 5) is 16.1. The summed E-state index contributed by atoms with van der Waals surface area (Å²) in [6.07, 6.45) is 1.99. The van der Waals surface area contributed by atoms with Crippen molar-refractivity contribution in [2.75, 3.05) is 54.2 Å². The highest BCUT2D eigenvalue weighted by molar-refractivity contribution is 5.92. The van der Waals surface area contributed by atoms with E-state index in [0.29, 0.717) is 36.3 Å². The van der Waals surface area contributed by atoms with Gasteiger partial charge in [-0.1, -0.05) is 6.07 Å². The third-order valence-corrected chi connectivity index (χ3v) is 4.49. The topological polar surface area (TPSA) is 90.4 Å². The fourth-order valence-corrected chi connectivity index (χ4v) is 2.89. The van der Waals surface area contributed by atoms with Crippen LogP contribution in [0.1, 0.15) is 28.8 Å². The number of hydrogen-bond acceptors (Lipinski definition) is 6. The molecule has 0 saturated carbocycles. The second-order valence-electron chi connectivity index (χ2n) is 6.54. The van der Waals surface area contributed by atoms with Gasteiger partial charge in [0.15, 0.2) is 5.96 Å². The molecule has 8 heteroatoms. The lowest BCUT2D eigenvalue weighted by atomic mass is 10.1. The van der Waals surface area contributed by atoms with Crippen LogP contribution in [0.3, 0.4) is 0 Å². The molecule has 1 heterocycles. The molecule has 0 aliphatic carbocycles. The van der Waals surface area contributed by atoms with E-state index >= 15 is 0 Å². The molecular formula is C20H31N3O5. The monoisotopic (exact) mass is 393 g/mol. The van der Waals surface area contributed by atoms with Gasteiger partial charge in [-0.25, -0.2) is 4.79 Å². The van der Waals surface area contributed by atoms with E-state index in [0.717, 1.165) is 44.8 Å². The summed E-state index contributed by atoms with van der Waals surface area (Å²) in [5, 5.41) is 6.49. The Bertz CT molecular complexity index is 645. The van der Waals surface area contributed by atoms with Gasteiger partial charge in [-0.2, -0.15) is 0 Å². The minimum Gasteiger partial charge on any atom is -0.496 e. The number of esters is 1. The number of aliphatic imine (C=N–C) groups is 1. The number of hydrogen-bond donors (Lipinski definition) is 2. The van der Waals surface area contributed by atoms with Crippen molar-refractivity contribution in [1.29, 1.82) is 0 Å². The molecule has 1 saturated heterocycles. The Morgan fingerprint density at radius 3 is 2.86 bits per heavy atom. The van der Waals surface area contributed by atoms with Crippen LogP contribution in [0.4, 0.5) is 0 Å². The zero-order valence-corrected chi connectivity index (χ0v) is 17.0. The standard InChI is InChI=1S/C20H31N3O5/c1-21-20(22-8-4-9-27-13-16-7-10-28-14-16)23-12-15-5-6-18(25-2)17(11-15)19(24)26-3/h5-6,11,16H,4,7-10,12-14H2,1-3H3,(H2,21,22,23). The normalized spacial score (nSPS) is 16.7. The number of benzene rings is 1. The smallest absolute Gasteiger partial charge is 0.341 e. The predicted molar refractivity (Wildman–Crippen MR) is 107 cm³/mol. The number of nitrogens with zero attached hydrogens (tertiary/aromatic N) is 1. The lowest BCUT2D eigenvalue weighted by Crippen LogP contribution is -2.37. The highest BCUT2D eigenvalue weighted by atomic mass is 16.5. The number of rotatable bonds is 10. The molecule has 1 aliphatic rings. The number of ether oxygens (including phenoxy) is 4. The Morgan fingerprint density at radius 2 is 2.18 bits per heavy atom. The quantitative estimate of drug-likeness (QED) is 0.270. The highest BCUT2D eigenvalue weighted by Crippen LogP contribution is 2.20. The van der Waals surface area contributed by atoms with E-state index in [9.17, 15) is 4.79 Å². The molecule has 28 heavy (non-hydrogen) atoms. The molecule has 0 amide bonds. The van der Waals surface area contributed by atoms with Crippen LogP contribution in [0.15, 0.2) is 23.2 Å². The summed E-state index contributed by atoms with van der Waals surface area (Å²) in [6, 6.07) is 5.41. The van der Waals surface area contributed by atoms with Crippen LogP contribution in [-0.4, -0.2) is 66.2 Å². The Kier molecular flexibility index (Phi) is 9.57. The summed E-state index contributed by atoms with van der Waals surface area (Å²) < 4.78 is 21.0. The molecule has 1 aromatic carbocycles. The van der Waals surface area contributed by atoms with Crippen LogP contribution in [-0.2, 0) is 20.8 Å². The number of nitrogens with one attached hydrogen (secondary N) is 2. The Hall–Kier alpha value is -2.32. The summed E-state index contributed by atoms with van der Waals surface area (Å²) in [5.74, 6) is 1.30. The molecule has 1 aliphatic heterocycles. The lowest BCUT2D eigenvalue weighted by molar-refractivity contribution is 0.0597. The molecular weight excluding hydrogens is 362 g/mol. The SMILES string of the molecule is CN=C(NCCCOCC1CCOC1)NCc1ccc(OC)c(C(=O)OC)c1. The molecule has 1 fully saturated rings. The van der Waals surface area contributed by atoms with E-state index in [1.165, 1.54) is 14.2 Å². The van der Waals surface area contributed by atoms with Crippen LogP contribution < -0.4 is 15.4 Å². The Morgan fingerprint density at radius 1 is 1.32 bits per heavy atom. The van der Waals surface area contributed by atoms with Crippen molar-refractivity contribution in [2.24, 2.45) is 10.9 Å². The summed E-state index contributed by atoms with van der Waals surface area (Å²) in [6.45, 7) is 4.43. The van der Waals surface area contributed by atoms with E-state index in [4.69, 9.17) is 18.9 Å². The minimum absolute atomic E-state index is 0.400. The average molecular weight is 393 g/mol. The second-order valence-corrected chi connectivity index (χ2v) is 6.54. The van der Waals surface area contributed by atoms with Gasteiger partial charge in [0, 0.05) is 39.3 Å². The first-order valence-corrected chi connectivity index (χ1v) is 9.53. The number of carbonyl (C=O) groups excluding carboxylic acids is 1. The summed E-state index contributed by atoms with van der Waals surface area (Å²) >= 11 is 0. The van der Waals surface area contributed by atoms with Crippen molar-refractivity contribution in [1.82, 2.24) is 10.6 Å². The fourth-order valence-electron chi connectivity index (χ4n) is 2.89. The van der Waals surface area contributed by atoms with Crippen LogP contribution in [0.2, 0.25) is 0 Å². The van der Waals surface area contributed by atoms with Crippen molar-refractivity contribution in [3.63, 3.8) is 0 Å². The van der Waals surface area contributed by atoms with Gasteiger partial charge in [0.1, 0.15) is 11.3 Å². The van der Waals surface area contributed by atoms with Gasteiger partial charge in [0.2, 0.25) is 0 Å². The van der Waals surface area contributed by atoms with Crippen molar-refractivity contribution in [3.05, 3.63) is 29.3 Å². The zero-order chi connectivity index (χ0) is 20.2. The van der Waals surface area contributed by atoms with Crippen molar-refractivity contribution in [3.8, 4) is 5.75 Å². The first-order valence-electron chi connectivity index (χ1n) is 9.53. The summed E-state index contributed by atoms with van der Waals surface area (Å²) in [7, 11) is 4.60. The maximum atomic E-state index is 11.9.